The summed E-state index contributed by atoms with van der Waals surface area (Å²) >= 11 is 0. The number of hydrogen-bond acceptors (Lipinski definition) is 6. The molecule has 1 aliphatic carbocycles. The molecule has 0 radical (unpaired) electrons. The third-order valence-corrected chi connectivity index (χ3v) is 6.80. The number of carbonyl (C=O) groups is 1. The van der Waals surface area contributed by atoms with Gasteiger partial charge in [0.05, 0.1) is 5.52 Å². The number of para-hydroxylation sites is 2. The molecule has 1 amide bonds. The zero-order valence-corrected chi connectivity index (χ0v) is 21.4. The van der Waals surface area contributed by atoms with Crippen molar-refractivity contribution in [3.63, 3.8) is 0 Å². The van der Waals surface area contributed by atoms with E-state index in [9.17, 15) is 4.79 Å². The van der Waals surface area contributed by atoms with Crippen LogP contribution in [0.5, 0.6) is 5.75 Å². The first-order valence-corrected chi connectivity index (χ1v) is 12.8. The van der Waals surface area contributed by atoms with Crippen molar-refractivity contribution in [1.82, 2.24) is 15.3 Å². The third-order valence-electron chi connectivity index (χ3n) is 6.80. The highest BCUT2D eigenvalue weighted by Gasteiger charge is 2.24. The zero-order chi connectivity index (χ0) is 25.6. The van der Waals surface area contributed by atoms with Crippen LogP contribution in [0.3, 0.4) is 0 Å². The van der Waals surface area contributed by atoms with Crippen molar-refractivity contribution in [3.05, 3.63) is 90.0 Å². The topological polar surface area (TPSA) is 79.4 Å². The molecule has 1 fully saturated rings. The number of amides is 1. The highest BCUT2D eigenvalue weighted by atomic mass is 16.5. The monoisotopic (exact) mass is 495 g/mol. The first-order chi connectivity index (χ1) is 18.1. The predicted octanol–water partition coefficient (Wildman–Crippen LogP) is 5.43. The number of ether oxygens (including phenoxy) is 1. The van der Waals surface area contributed by atoms with Crippen LogP contribution in [0.1, 0.15) is 41.6 Å². The van der Waals surface area contributed by atoms with Gasteiger partial charge in [-0.15, -0.1) is 0 Å². The highest BCUT2D eigenvalue weighted by Crippen LogP contribution is 2.26. The van der Waals surface area contributed by atoms with Gasteiger partial charge in [0.1, 0.15) is 18.2 Å². The number of rotatable bonds is 8. The second-order valence-corrected chi connectivity index (χ2v) is 9.71. The molecule has 37 heavy (non-hydrogen) atoms. The summed E-state index contributed by atoms with van der Waals surface area (Å²) in [4.78, 5) is 24.7. The fourth-order valence-corrected chi connectivity index (χ4v) is 4.84. The summed E-state index contributed by atoms with van der Waals surface area (Å²) in [6.45, 7) is 0.352. The van der Waals surface area contributed by atoms with Gasteiger partial charge in [-0.3, -0.25) is 4.79 Å². The Labute approximate surface area is 217 Å². The summed E-state index contributed by atoms with van der Waals surface area (Å²) in [5.41, 5.74) is 2.48. The van der Waals surface area contributed by atoms with E-state index in [0.717, 1.165) is 53.7 Å². The van der Waals surface area contributed by atoms with Gasteiger partial charge in [0.2, 0.25) is 5.95 Å². The van der Waals surface area contributed by atoms with Crippen LogP contribution in [-0.4, -0.2) is 42.1 Å². The van der Waals surface area contributed by atoms with E-state index in [-0.39, 0.29) is 18.0 Å². The van der Waals surface area contributed by atoms with E-state index in [2.05, 4.69) is 10.6 Å². The zero-order valence-electron chi connectivity index (χ0n) is 21.4. The van der Waals surface area contributed by atoms with E-state index in [4.69, 9.17) is 14.7 Å². The molecule has 0 unspecified atom stereocenters. The average Bonchev–Trinajstić information content (AvgIpc) is 2.93. The first-order valence-electron chi connectivity index (χ1n) is 12.8. The van der Waals surface area contributed by atoms with Crippen LogP contribution in [0.2, 0.25) is 0 Å². The predicted molar refractivity (Wildman–Crippen MR) is 148 cm³/mol. The fourth-order valence-electron chi connectivity index (χ4n) is 4.84. The number of anilines is 2. The van der Waals surface area contributed by atoms with Crippen molar-refractivity contribution >= 4 is 28.6 Å². The summed E-state index contributed by atoms with van der Waals surface area (Å²) in [7, 11) is 4.00. The Morgan fingerprint density at radius 3 is 2.32 bits per heavy atom. The number of benzene rings is 3. The smallest absolute Gasteiger partial charge is 0.251 e. The molecule has 7 nitrogen and oxygen atoms in total. The lowest BCUT2D eigenvalue weighted by atomic mass is 9.91. The Kier molecular flexibility index (Phi) is 7.49. The normalized spacial score (nSPS) is 17.2. The van der Waals surface area contributed by atoms with Crippen molar-refractivity contribution in [1.29, 1.82) is 0 Å². The summed E-state index contributed by atoms with van der Waals surface area (Å²) in [5, 5.41) is 7.82. The molecular weight excluding hydrogens is 462 g/mol. The molecule has 0 bridgehead atoms. The SMILES string of the molecule is CN(C)c1nc(N[C@H]2CC[C@@H](NC(=O)c3ccccc3COc3ccccc3)CC2)nc2ccccc12. The summed E-state index contributed by atoms with van der Waals surface area (Å²) in [6.07, 6.45) is 3.69. The molecule has 0 spiro atoms. The molecule has 190 valence electrons. The summed E-state index contributed by atoms with van der Waals surface area (Å²) in [6, 6.07) is 25.8. The van der Waals surface area contributed by atoms with E-state index in [1.54, 1.807) is 0 Å². The van der Waals surface area contributed by atoms with Gasteiger partial charge in [-0.2, -0.15) is 4.98 Å². The van der Waals surface area contributed by atoms with Crippen LogP contribution >= 0.6 is 0 Å². The average molecular weight is 496 g/mol. The van der Waals surface area contributed by atoms with Gasteiger partial charge >= 0.3 is 0 Å². The van der Waals surface area contributed by atoms with Gasteiger partial charge in [-0.1, -0.05) is 48.5 Å². The molecule has 1 saturated carbocycles. The van der Waals surface area contributed by atoms with E-state index < -0.39 is 0 Å². The maximum Gasteiger partial charge on any atom is 0.251 e. The Morgan fingerprint density at radius 2 is 1.54 bits per heavy atom. The van der Waals surface area contributed by atoms with Gasteiger partial charge < -0.3 is 20.3 Å². The number of nitrogens with zero attached hydrogens (tertiary/aromatic N) is 3. The molecule has 1 heterocycles. The van der Waals surface area contributed by atoms with Crippen LogP contribution in [0.15, 0.2) is 78.9 Å². The lowest BCUT2D eigenvalue weighted by molar-refractivity contribution is 0.0924. The van der Waals surface area contributed by atoms with Crippen LogP contribution < -0.4 is 20.3 Å². The number of carbonyl (C=O) groups excluding carboxylic acids is 1. The van der Waals surface area contributed by atoms with Crippen molar-refractivity contribution in [2.45, 2.75) is 44.4 Å². The highest BCUT2D eigenvalue weighted by molar-refractivity contribution is 5.95. The minimum atomic E-state index is -0.0443. The lowest BCUT2D eigenvalue weighted by Gasteiger charge is -2.30. The molecule has 1 aliphatic rings. The van der Waals surface area contributed by atoms with Crippen LogP contribution in [0.4, 0.5) is 11.8 Å². The minimum Gasteiger partial charge on any atom is -0.489 e. The molecular formula is C30H33N5O2. The summed E-state index contributed by atoms with van der Waals surface area (Å²) in [5.74, 6) is 2.31. The van der Waals surface area contributed by atoms with Crippen LogP contribution in [0, 0.1) is 0 Å². The van der Waals surface area contributed by atoms with E-state index >= 15 is 0 Å². The summed E-state index contributed by atoms with van der Waals surface area (Å²) < 4.78 is 5.89. The molecule has 0 atom stereocenters. The second kappa shape index (κ2) is 11.3. The number of fused-ring (bicyclic) bond motifs is 1. The maximum absolute atomic E-state index is 13.1. The van der Waals surface area contributed by atoms with Crippen molar-refractivity contribution in [2.75, 3.05) is 24.3 Å². The number of nitrogens with one attached hydrogen (secondary N) is 2. The molecule has 0 saturated heterocycles. The van der Waals surface area contributed by atoms with Gasteiger partial charge in [-0.25, -0.2) is 4.98 Å². The van der Waals surface area contributed by atoms with E-state index in [0.29, 0.717) is 18.1 Å². The number of aromatic nitrogens is 2. The van der Waals surface area contributed by atoms with Crippen molar-refractivity contribution < 1.29 is 9.53 Å². The molecule has 1 aromatic heterocycles. The third kappa shape index (κ3) is 6.00. The first kappa shape index (κ1) is 24.6. The van der Waals surface area contributed by atoms with Crippen LogP contribution in [0.25, 0.3) is 10.9 Å². The van der Waals surface area contributed by atoms with Gasteiger partial charge in [0.15, 0.2) is 0 Å². The molecule has 7 heteroatoms. The van der Waals surface area contributed by atoms with E-state index in [1.807, 2.05) is 97.9 Å². The van der Waals surface area contributed by atoms with Crippen molar-refractivity contribution in [2.24, 2.45) is 0 Å². The Balaban J connectivity index is 1.17. The fraction of sp³-hybridized carbons (Fsp3) is 0.300. The number of hydrogen-bond donors (Lipinski definition) is 2. The van der Waals surface area contributed by atoms with Gasteiger partial charge in [0, 0.05) is 42.7 Å². The van der Waals surface area contributed by atoms with Gasteiger partial charge in [-0.05, 0) is 56.0 Å². The Hall–Kier alpha value is -4.13. The molecule has 2 N–H and O–H groups in total. The molecule has 4 aromatic rings. The second-order valence-electron chi connectivity index (χ2n) is 9.71. The standard InChI is InChI=1S/C30H33N5O2/c1-35(2)28-26-14-8-9-15-27(26)33-30(34-28)32-23-18-16-22(17-19-23)31-29(36)25-13-7-6-10-21(25)20-37-24-11-4-3-5-12-24/h3-15,22-23H,16-20H2,1-2H3,(H,31,36)(H,32,33,34)/t22-,23+. The Bertz CT molecular complexity index is 1350. The minimum absolute atomic E-state index is 0.0443. The lowest BCUT2D eigenvalue weighted by Crippen LogP contribution is -2.40. The molecule has 0 aliphatic heterocycles. The largest absolute Gasteiger partial charge is 0.489 e. The quantitative estimate of drug-likeness (QED) is 0.339. The van der Waals surface area contributed by atoms with Gasteiger partial charge in [0.25, 0.3) is 5.91 Å². The maximum atomic E-state index is 13.1. The Morgan fingerprint density at radius 1 is 0.865 bits per heavy atom. The van der Waals surface area contributed by atoms with Crippen molar-refractivity contribution in [3.8, 4) is 5.75 Å². The molecule has 5 rings (SSSR count). The van der Waals surface area contributed by atoms with E-state index in [1.165, 1.54) is 0 Å². The van der Waals surface area contributed by atoms with Crippen LogP contribution in [-0.2, 0) is 6.61 Å². The molecule has 3 aromatic carbocycles.